The van der Waals surface area contributed by atoms with Gasteiger partial charge in [0.25, 0.3) is 0 Å². The van der Waals surface area contributed by atoms with Crippen molar-refractivity contribution in [3.05, 3.63) is 65.6 Å². The van der Waals surface area contributed by atoms with Crippen LogP contribution in [0.1, 0.15) is 20.8 Å². The topological polar surface area (TPSA) is 145 Å². The van der Waals surface area contributed by atoms with Gasteiger partial charge in [0.2, 0.25) is 15.8 Å². The number of ether oxygens (including phenoxy) is 3. The van der Waals surface area contributed by atoms with E-state index in [4.69, 9.17) is 25.8 Å². The molecule has 0 aliphatic rings. The van der Waals surface area contributed by atoms with Gasteiger partial charge in [-0.25, -0.2) is 32.3 Å². The minimum atomic E-state index is -3.97. The lowest BCUT2D eigenvalue weighted by Crippen LogP contribution is -2.34. The summed E-state index contributed by atoms with van der Waals surface area (Å²) in [6, 6.07) is 6.93. The van der Waals surface area contributed by atoms with E-state index < -0.39 is 33.4 Å². The number of halogens is 3. The molecule has 0 saturated heterocycles. The van der Waals surface area contributed by atoms with E-state index in [-0.39, 0.29) is 59.0 Å². The largest absolute Gasteiger partial charge is 0.494 e. The molecule has 0 aliphatic heterocycles. The molecule has 2 aromatic carbocycles. The minimum absolute atomic E-state index is 0.0269. The van der Waals surface area contributed by atoms with E-state index in [0.717, 1.165) is 0 Å². The maximum Gasteiger partial charge on any atom is 0.407 e. The summed E-state index contributed by atoms with van der Waals surface area (Å²) in [6.45, 7) is 5.63. The number of carbonyl (C=O) groups excluding carboxylic acids is 1. The van der Waals surface area contributed by atoms with Gasteiger partial charge in [0.1, 0.15) is 10.5 Å². The van der Waals surface area contributed by atoms with Crippen LogP contribution in [0.25, 0.3) is 16.9 Å². The van der Waals surface area contributed by atoms with E-state index in [1.54, 1.807) is 27.0 Å². The van der Waals surface area contributed by atoms with E-state index in [9.17, 15) is 22.0 Å². The molecular formula is C28H31ClF2N6O6S. The summed E-state index contributed by atoms with van der Waals surface area (Å²) in [7, 11) is -2.72. The number of nitrogens with one attached hydrogen (secondary N) is 3. The van der Waals surface area contributed by atoms with Gasteiger partial charge in [0.05, 0.1) is 37.2 Å². The average Bonchev–Trinajstić information content (AvgIpc) is 3.38. The van der Waals surface area contributed by atoms with Crippen LogP contribution in [0.4, 0.5) is 25.1 Å². The molecule has 0 fully saturated rings. The third-order valence-electron chi connectivity index (χ3n) is 5.91. The summed E-state index contributed by atoms with van der Waals surface area (Å²) in [4.78, 5) is 20.0. The summed E-state index contributed by atoms with van der Waals surface area (Å²) in [5, 5.41) is 5.51. The van der Waals surface area contributed by atoms with Crippen molar-refractivity contribution >= 4 is 44.9 Å². The molecule has 0 bridgehead atoms. The Morgan fingerprint density at radius 1 is 1.07 bits per heavy atom. The monoisotopic (exact) mass is 652 g/mol. The van der Waals surface area contributed by atoms with Gasteiger partial charge in [-0.15, -0.1) is 0 Å². The van der Waals surface area contributed by atoms with Crippen LogP contribution in [0.2, 0.25) is 5.02 Å². The number of hydrogen-bond donors (Lipinski definition) is 3. The van der Waals surface area contributed by atoms with Gasteiger partial charge in [0, 0.05) is 36.7 Å². The first kappa shape index (κ1) is 32.9. The van der Waals surface area contributed by atoms with Gasteiger partial charge in [0.15, 0.2) is 23.0 Å². The van der Waals surface area contributed by atoms with Crippen LogP contribution in [0.15, 0.2) is 53.8 Å². The number of imidazole rings is 1. The van der Waals surface area contributed by atoms with Crippen LogP contribution in [-0.4, -0.2) is 67.9 Å². The number of alkyl carbamates (subject to hydrolysis) is 1. The lowest BCUT2D eigenvalue weighted by molar-refractivity contribution is 0.0501. The van der Waals surface area contributed by atoms with Gasteiger partial charge >= 0.3 is 6.09 Å². The van der Waals surface area contributed by atoms with Gasteiger partial charge in [-0.3, -0.25) is 4.40 Å². The van der Waals surface area contributed by atoms with Gasteiger partial charge in [-0.1, -0.05) is 11.6 Å². The molecule has 236 valence electrons. The standard InChI is InChI=1S/C28H31ClF2N6O6S/c1-28(2,3)43-27(38)33-10-13-42-14-11-35-44(39,40)22-8-5-17(15-19(22)29)36-25-26-34-16-20(37(26)12-9-32-25)18-6-7-21(41-4)24(31)23(18)30/h5-9,12,15-16,35H,10-11,13-14H2,1-4H3,(H,32,36)(H,33,38). The maximum atomic E-state index is 14.8. The highest BCUT2D eigenvalue weighted by atomic mass is 35.5. The smallest absolute Gasteiger partial charge is 0.407 e. The van der Waals surface area contributed by atoms with Crippen LogP contribution in [0.5, 0.6) is 5.75 Å². The predicted octanol–water partition coefficient (Wildman–Crippen LogP) is 4.90. The van der Waals surface area contributed by atoms with E-state index in [1.807, 2.05) is 0 Å². The third kappa shape index (κ3) is 7.91. The highest BCUT2D eigenvalue weighted by Crippen LogP contribution is 2.32. The normalized spacial score (nSPS) is 11.9. The van der Waals surface area contributed by atoms with Crippen molar-refractivity contribution in [3.63, 3.8) is 0 Å². The Kier molecular flexibility index (Phi) is 10.2. The number of sulfonamides is 1. The molecule has 2 heterocycles. The molecule has 1 amide bonds. The maximum absolute atomic E-state index is 14.8. The number of carbonyl (C=O) groups is 1. The number of fused-ring (bicyclic) bond motifs is 1. The SMILES string of the molecule is COc1ccc(-c2cnc3c(Nc4ccc(S(=O)(=O)NCCOCCNC(=O)OC(C)(C)C)c(Cl)c4)nccn23)c(F)c1F. The van der Waals surface area contributed by atoms with E-state index in [1.165, 1.54) is 54.2 Å². The lowest BCUT2D eigenvalue weighted by atomic mass is 10.1. The molecule has 0 atom stereocenters. The van der Waals surface area contributed by atoms with Crippen molar-refractivity contribution in [1.82, 2.24) is 24.4 Å². The fourth-order valence-electron chi connectivity index (χ4n) is 3.99. The van der Waals surface area contributed by atoms with Gasteiger partial charge in [-0.2, -0.15) is 4.39 Å². The first-order valence-electron chi connectivity index (χ1n) is 13.3. The molecule has 0 saturated carbocycles. The van der Waals surface area contributed by atoms with Crippen molar-refractivity contribution in [2.24, 2.45) is 0 Å². The van der Waals surface area contributed by atoms with Gasteiger partial charge < -0.3 is 24.8 Å². The molecule has 0 spiro atoms. The number of amides is 1. The lowest BCUT2D eigenvalue weighted by Gasteiger charge is -2.19. The Labute approximate surface area is 257 Å². The summed E-state index contributed by atoms with van der Waals surface area (Å²) < 4.78 is 73.9. The van der Waals surface area contributed by atoms with Crippen molar-refractivity contribution in [2.75, 3.05) is 38.7 Å². The fourth-order valence-corrected chi connectivity index (χ4v) is 5.55. The van der Waals surface area contributed by atoms with Crippen molar-refractivity contribution in [1.29, 1.82) is 0 Å². The van der Waals surface area contributed by atoms with Crippen LogP contribution < -0.4 is 20.1 Å². The minimum Gasteiger partial charge on any atom is -0.494 e. The molecule has 4 rings (SSSR count). The van der Waals surface area contributed by atoms with E-state index >= 15 is 0 Å². The molecule has 12 nitrogen and oxygen atoms in total. The van der Waals surface area contributed by atoms with Crippen LogP contribution in [0, 0.1) is 11.6 Å². The van der Waals surface area contributed by atoms with Crippen molar-refractivity contribution < 1.29 is 36.2 Å². The number of benzene rings is 2. The average molecular weight is 653 g/mol. The molecule has 0 aliphatic carbocycles. The Morgan fingerprint density at radius 3 is 2.52 bits per heavy atom. The first-order valence-corrected chi connectivity index (χ1v) is 15.1. The number of anilines is 2. The number of aromatic nitrogens is 3. The molecule has 0 radical (unpaired) electrons. The van der Waals surface area contributed by atoms with Crippen LogP contribution >= 0.6 is 11.6 Å². The number of hydrogen-bond acceptors (Lipinski definition) is 9. The Bertz CT molecular complexity index is 1760. The Morgan fingerprint density at radius 2 is 1.82 bits per heavy atom. The zero-order valence-corrected chi connectivity index (χ0v) is 25.9. The van der Waals surface area contributed by atoms with Crippen LogP contribution in [0.3, 0.4) is 0 Å². The molecule has 16 heteroatoms. The number of methoxy groups -OCH3 is 1. The van der Waals surface area contributed by atoms with E-state index in [0.29, 0.717) is 11.3 Å². The summed E-state index contributed by atoms with van der Waals surface area (Å²) >= 11 is 6.33. The third-order valence-corrected chi connectivity index (χ3v) is 7.85. The molecule has 4 aromatic rings. The second kappa shape index (κ2) is 13.7. The van der Waals surface area contributed by atoms with E-state index in [2.05, 4.69) is 25.3 Å². The first-order chi connectivity index (χ1) is 20.8. The number of rotatable bonds is 12. The summed E-state index contributed by atoms with van der Waals surface area (Å²) in [5.41, 5.74) is 0.339. The molecular weight excluding hydrogens is 622 g/mol. The van der Waals surface area contributed by atoms with Crippen molar-refractivity contribution in [2.45, 2.75) is 31.3 Å². The molecule has 44 heavy (non-hydrogen) atoms. The van der Waals surface area contributed by atoms with Crippen molar-refractivity contribution in [3.8, 4) is 17.0 Å². The molecule has 3 N–H and O–H groups in total. The summed E-state index contributed by atoms with van der Waals surface area (Å²) in [5.74, 6) is -2.17. The Balaban J connectivity index is 1.37. The summed E-state index contributed by atoms with van der Waals surface area (Å²) in [6.07, 6.45) is 3.79. The van der Waals surface area contributed by atoms with Crippen LogP contribution in [-0.2, 0) is 19.5 Å². The molecule has 2 aromatic heterocycles. The van der Waals surface area contributed by atoms with Gasteiger partial charge in [-0.05, 0) is 51.1 Å². The Hall–Kier alpha value is -4.05. The quantitative estimate of drug-likeness (QED) is 0.182. The highest BCUT2D eigenvalue weighted by molar-refractivity contribution is 7.89. The zero-order chi connectivity index (χ0) is 32.1. The second-order valence-electron chi connectivity index (χ2n) is 10.3. The highest BCUT2D eigenvalue weighted by Gasteiger charge is 2.21. The second-order valence-corrected chi connectivity index (χ2v) is 12.4. The predicted molar refractivity (Wildman–Crippen MR) is 160 cm³/mol. The molecule has 0 unspecified atom stereocenters. The number of nitrogens with zero attached hydrogens (tertiary/aromatic N) is 3. The fraction of sp³-hybridized carbons (Fsp3) is 0.321. The zero-order valence-electron chi connectivity index (χ0n) is 24.3.